The first kappa shape index (κ1) is 15.3. The van der Waals surface area contributed by atoms with Crippen molar-refractivity contribution in [2.45, 2.75) is 19.8 Å². The fourth-order valence-electron chi connectivity index (χ4n) is 2.56. The molecule has 0 atom stereocenters. The molecule has 0 saturated carbocycles. The smallest absolute Gasteiger partial charge is 0.301 e. The van der Waals surface area contributed by atoms with Crippen LogP contribution < -0.4 is 10.0 Å². The van der Waals surface area contributed by atoms with E-state index >= 15 is 0 Å². The standard InChI is InChI=1S/C14H23N3O2S/c1-12-4-3-5-14(10-12)16-20(18,19)17-8-6-13(7-9-17)11-15-2/h3-5,10,13,15-16H,6-9,11H2,1-2H3. The van der Waals surface area contributed by atoms with Crippen molar-refractivity contribution in [1.29, 1.82) is 0 Å². The van der Waals surface area contributed by atoms with E-state index in [0.717, 1.165) is 24.9 Å². The molecule has 1 saturated heterocycles. The zero-order valence-electron chi connectivity index (χ0n) is 12.1. The Bertz CT molecular complexity index is 537. The summed E-state index contributed by atoms with van der Waals surface area (Å²) in [5, 5.41) is 3.15. The lowest BCUT2D eigenvalue weighted by atomic mass is 9.98. The lowest BCUT2D eigenvalue weighted by molar-refractivity contribution is 0.272. The Kier molecular flexibility index (Phi) is 5.01. The van der Waals surface area contributed by atoms with Crippen molar-refractivity contribution >= 4 is 15.9 Å². The third kappa shape index (κ3) is 3.94. The van der Waals surface area contributed by atoms with Gasteiger partial charge in [0.05, 0.1) is 5.69 Å². The first-order valence-corrected chi connectivity index (χ1v) is 8.44. The maximum absolute atomic E-state index is 12.3. The van der Waals surface area contributed by atoms with Gasteiger partial charge in [0.25, 0.3) is 0 Å². The molecule has 1 heterocycles. The summed E-state index contributed by atoms with van der Waals surface area (Å²) >= 11 is 0. The van der Waals surface area contributed by atoms with E-state index in [-0.39, 0.29) is 0 Å². The first-order chi connectivity index (χ1) is 9.51. The molecule has 1 fully saturated rings. The number of nitrogens with zero attached hydrogens (tertiary/aromatic N) is 1. The third-order valence-corrected chi connectivity index (χ3v) is 5.21. The largest absolute Gasteiger partial charge is 0.319 e. The van der Waals surface area contributed by atoms with Crippen molar-refractivity contribution in [3.8, 4) is 0 Å². The lowest BCUT2D eigenvalue weighted by Gasteiger charge is -2.31. The summed E-state index contributed by atoms with van der Waals surface area (Å²) in [6.07, 6.45) is 1.82. The molecule has 1 aromatic carbocycles. The fourth-order valence-corrected chi connectivity index (χ4v) is 3.81. The van der Waals surface area contributed by atoms with Gasteiger partial charge in [-0.3, -0.25) is 4.72 Å². The Morgan fingerprint density at radius 1 is 1.30 bits per heavy atom. The minimum atomic E-state index is -3.43. The van der Waals surface area contributed by atoms with Crippen molar-refractivity contribution in [1.82, 2.24) is 9.62 Å². The van der Waals surface area contributed by atoms with Gasteiger partial charge < -0.3 is 5.32 Å². The molecule has 20 heavy (non-hydrogen) atoms. The number of hydrogen-bond acceptors (Lipinski definition) is 3. The number of benzene rings is 1. The number of nitrogens with one attached hydrogen (secondary N) is 2. The molecular formula is C14H23N3O2S. The highest BCUT2D eigenvalue weighted by Gasteiger charge is 2.27. The molecule has 6 heteroatoms. The van der Waals surface area contributed by atoms with Gasteiger partial charge in [0.2, 0.25) is 0 Å². The van der Waals surface area contributed by atoms with Gasteiger partial charge in [0.15, 0.2) is 0 Å². The van der Waals surface area contributed by atoms with E-state index in [0.29, 0.717) is 24.7 Å². The molecule has 0 radical (unpaired) electrons. The number of hydrogen-bond donors (Lipinski definition) is 2. The molecule has 2 rings (SSSR count). The van der Waals surface area contributed by atoms with E-state index in [4.69, 9.17) is 0 Å². The Morgan fingerprint density at radius 2 is 2.00 bits per heavy atom. The second-order valence-electron chi connectivity index (χ2n) is 5.38. The number of anilines is 1. The van der Waals surface area contributed by atoms with Crippen LogP contribution in [0.25, 0.3) is 0 Å². The van der Waals surface area contributed by atoms with Gasteiger partial charge >= 0.3 is 10.2 Å². The van der Waals surface area contributed by atoms with E-state index in [1.807, 2.05) is 32.2 Å². The van der Waals surface area contributed by atoms with Crippen LogP contribution in [0.2, 0.25) is 0 Å². The van der Waals surface area contributed by atoms with E-state index < -0.39 is 10.2 Å². The van der Waals surface area contributed by atoms with E-state index in [9.17, 15) is 8.42 Å². The van der Waals surface area contributed by atoms with Crippen LogP contribution in [0, 0.1) is 12.8 Å². The Hall–Kier alpha value is -1.11. The van der Waals surface area contributed by atoms with Crippen LogP contribution in [-0.4, -0.2) is 39.4 Å². The molecule has 0 aliphatic carbocycles. The van der Waals surface area contributed by atoms with Crippen molar-refractivity contribution in [2.75, 3.05) is 31.4 Å². The van der Waals surface area contributed by atoms with Crippen LogP contribution in [0.4, 0.5) is 5.69 Å². The third-order valence-electron chi connectivity index (χ3n) is 3.67. The minimum Gasteiger partial charge on any atom is -0.319 e. The number of aryl methyl sites for hydroxylation is 1. The maximum atomic E-state index is 12.3. The van der Waals surface area contributed by atoms with Gasteiger partial charge in [-0.25, -0.2) is 0 Å². The quantitative estimate of drug-likeness (QED) is 0.867. The summed E-state index contributed by atoms with van der Waals surface area (Å²) in [5.74, 6) is 0.574. The van der Waals surface area contributed by atoms with Crippen molar-refractivity contribution in [3.63, 3.8) is 0 Å². The summed E-state index contributed by atoms with van der Waals surface area (Å²) < 4.78 is 28.9. The molecule has 1 aliphatic rings. The SMILES string of the molecule is CNCC1CCN(S(=O)(=O)Nc2cccc(C)c2)CC1. The van der Waals surface area contributed by atoms with Crippen molar-refractivity contribution < 1.29 is 8.42 Å². The second kappa shape index (κ2) is 6.56. The normalized spacial score (nSPS) is 18.1. The Labute approximate surface area is 121 Å². The molecule has 0 bridgehead atoms. The van der Waals surface area contributed by atoms with Crippen LogP contribution in [0.5, 0.6) is 0 Å². The van der Waals surface area contributed by atoms with Gasteiger partial charge in [-0.15, -0.1) is 0 Å². The van der Waals surface area contributed by atoms with E-state index in [2.05, 4.69) is 10.0 Å². The highest BCUT2D eigenvalue weighted by atomic mass is 32.2. The molecule has 0 amide bonds. The highest BCUT2D eigenvalue weighted by Crippen LogP contribution is 2.20. The van der Waals surface area contributed by atoms with Crippen molar-refractivity contribution in [2.24, 2.45) is 5.92 Å². The predicted molar refractivity (Wildman–Crippen MR) is 81.9 cm³/mol. The average Bonchev–Trinajstić information content (AvgIpc) is 2.39. The van der Waals surface area contributed by atoms with Gasteiger partial charge in [-0.2, -0.15) is 12.7 Å². The van der Waals surface area contributed by atoms with Gasteiger partial charge in [-0.1, -0.05) is 12.1 Å². The molecule has 0 unspecified atom stereocenters. The fraction of sp³-hybridized carbons (Fsp3) is 0.571. The van der Waals surface area contributed by atoms with Crippen LogP contribution >= 0.6 is 0 Å². The maximum Gasteiger partial charge on any atom is 0.301 e. The Morgan fingerprint density at radius 3 is 2.60 bits per heavy atom. The van der Waals surface area contributed by atoms with Gasteiger partial charge in [-0.05, 0) is 57.0 Å². The van der Waals surface area contributed by atoms with Crippen LogP contribution in [-0.2, 0) is 10.2 Å². The zero-order valence-corrected chi connectivity index (χ0v) is 12.9. The molecule has 2 N–H and O–H groups in total. The zero-order chi connectivity index (χ0) is 14.6. The number of piperidine rings is 1. The van der Waals surface area contributed by atoms with Crippen LogP contribution in [0.1, 0.15) is 18.4 Å². The van der Waals surface area contributed by atoms with Gasteiger partial charge in [0, 0.05) is 13.1 Å². The van der Waals surface area contributed by atoms with E-state index in [1.54, 1.807) is 10.4 Å². The summed E-state index contributed by atoms with van der Waals surface area (Å²) in [4.78, 5) is 0. The minimum absolute atomic E-state index is 0.574. The molecule has 0 aromatic heterocycles. The number of rotatable bonds is 5. The van der Waals surface area contributed by atoms with Gasteiger partial charge in [0.1, 0.15) is 0 Å². The van der Waals surface area contributed by atoms with Crippen LogP contribution in [0.3, 0.4) is 0 Å². The summed E-state index contributed by atoms with van der Waals surface area (Å²) in [5.41, 5.74) is 1.67. The molecule has 112 valence electrons. The summed E-state index contributed by atoms with van der Waals surface area (Å²) in [6, 6.07) is 7.41. The van der Waals surface area contributed by atoms with E-state index in [1.165, 1.54) is 0 Å². The highest BCUT2D eigenvalue weighted by molar-refractivity contribution is 7.90. The van der Waals surface area contributed by atoms with Crippen LogP contribution in [0.15, 0.2) is 24.3 Å². The summed E-state index contributed by atoms with van der Waals surface area (Å²) in [7, 11) is -1.50. The second-order valence-corrected chi connectivity index (χ2v) is 7.05. The predicted octanol–water partition coefficient (Wildman–Crippen LogP) is 1.58. The monoisotopic (exact) mass is 297 g/mol. The molecule has 0 spiro atoms. The Balaban J connectivity index is 1.98. The topological polar surface area (TPSA) is 61.4 Å². The van der Waals surface area contributed by atoms with Crippen molar-refractivity contribution in [3.05, 3.63) is 29.8 Å². The molecule has 1 aromatic rings. The summed E-state index contributed by atoms with van der Waals surface area (Å²) in [6.45, 7) is 4.08. The molecule has 1 aliphatic heterocycles. The molecular weight excluding hydrogens is 274 g/mol. The lowest BCUT2D eigenvalue weighted by Crippen LogP contribution is -2.43. The average molecular weight is 297 g/mol. The first-order valence-electron chi connectivity index (χ1n) is 7.00. The molecule has 5 nitrogen and oxygen atoms in total.